The van der Waals surface area contributed by atoms with E-state index in [0.717, 1.165) is 11.1 Å². The highest BCUT2D eigenvalue weighted by atomic mass is 32.1. The fourth-order valence-corrected chi connectivity index (χ4v) is 3.97. The molecule has 0 bridgehead atoms. The summed E-state index contributed by atoms with van der Waals surface area (Å²) in [5, 5.41) is 26.4. The van der Waals surface area contributed by atoms with Gasteiger partial charge in [0, 0.05) is 17.7 Å². The number of anilines is 2. The molecule has 0 spiro atoms. The van der Waals surface area contributed by atoms with E-state index in [4.69, 9.17) is 5.26 Å². The van der Waals surface area contributed by atoms with Gasteiger partial charge in [0.05, 0.1) is 11.6 Å². The Bertz CT molecular complexity index is 1320. The highest BCUT2D eigenvalue weighted by Crippen LogP contribution is 2.26. The van der Waals surface area contributed by atoms with Crippen LogP contribution in [-0.2, 0) is 11.2 Å². The maximum Gasteiger partial charge on any atom is 0.319 e. The minimum Gasteiger partial charge on any atom is -0.326 e. The van der Waals surface area contributed by atoms with E-state index in [1.807, 2.05) is 66.7 Å². The van der Waals surface area contributed by atoms with Crippen molar-refractivity contribution in [3.05, 3.63) is 96.1 Å². The molecule has 0 aliphatic carbocycles. The zero-order valence-corrected chi connectivity index (χ0v) is 18.8. The molecule has 34 heavy (non-hydrogen) atoms. The van der Waals surface area contributed by atoms with Gasteiger partial charge in [-0.3, -0.25) is 10.1 Å². The minimum absolute atomic E-state index is 0.280. The summed E-state index contributed by atoms with van der Waals surface area (Å²) in [4.78, 5) is 25.7. The van der Waals surface area contributed by atoms with E-state index in [9.17, 15) is 9.59 Å². The van der Waals surface area contributed by atoms with Crippen molar-refractivity contribution < 1.29 is 9.59 Å². The Morgan fingerprint density at radius 1 is 0.912 bits per heavy atom. The second-order valence-electron chi connectivity index (χ2n) is 7.30. The van der Waals surface area contributed by atoms with E-state index in [1.54, 1.807) is 24.3 Å². The number of rotatable bonds is 7. The largest absolute Gasteiger partial charge is 0.326 e. The van der Waals surface area contributed by atoms with Gasteiger partial charge in [-0.2, -0.15) is 5.26 Å². The van der Waals surface area contributed by atoms with Gasteiger partial charge in [0.2, 0.25) is 11.0 Å². The highest BCUT2D eigenvalue weighted by Gasteiger charge is 2.23. The van der Waals surface area contributed by atoms with Gasteiger partial charge in [-0.15, -0.1) is 10.2 Å². The van der Waals surface area contributed by atoms with Crippen molar-refractivity contribution in [3.8, 4) is 16.6 Å². The first kappa shape index (κ1) is 22.6. The molecule has 0 fully saturated rings. The number of hydrogen-bond acceptors (Lipinski definition) is 6. The maximum atomic E-state index is 13.1. The number of benzene rings is 3. The third-order valence-corrected chi connectivity index (χ3v) is 5.72. The maximum absolute atomic E-state index is 13.1. The molecule has 168 valence electrons. The standard InChI is InChI=1S/C25H20N6O2S/c26-16-18-10-7-13-20(14-18)27-24(33)28-21(15-17-8-3-1-4-9-17)22(32)29-25-31-30-23(34-25)19-11-5-2-6-12-19/h1-14,21H,15H2,(H2,27,28,33)(H,29,31,32)/t21-/m1/s1. The molecule has 0 aliphatic heterocycles. The molecule has 3 amide bonds. The molecule has 3 aromatic carbocycles. The number of hydrogen-bond donors (Lipinski definition) is 3. The fourth-order valence-electron chi connectivity index (χ4n) is 3.21. The summed E-state index contributed by atoms with van der Waals surface area (Å²) in [7, 11) is 0. The minimum atomic E-state index is -0.870. The van der Waals surface area contributed by atoms with E-state index in [2.05, 4.69) is 26.1 Å². The normalized spacial score (nSPS) is 11.1. The second kappa shape index (κ2) is 10.8. The first-order chi connectivity index (χ1) is 16.6. The first-order valence-corrected chi connectivity index (χ1v) is 11.2. The molecule has 4 aromatic rings. The summed E-state index contributed by atoms with van der Waals surface area (Å²) in [5.74, 6) is -0.416. The molecule has 0 aliphatic rings. The molecule has 1 heterocycles. The molecule has 8 nitrogen and oxygen atoms in total. The topological polar surface area (TPSA) is 120 Å². The van der Waals surface area contributed by atoms with Crippen molar-refractivity contribution in [2.75, 3.05) is 10.6 Å². The number of carbonyl (C=O) groups is 2. The van der Waals surface area contributed by atoms with E-state index < -0.39 is 18.0 Å². The van der Waals surface area contributed by atoms with Gasteiger partial charge in [-0.25, -0.2) is 4.79 Å². The summed E-state index contributed by atoms with van der Waals surface area (Å²) in [6.07, 6.45) is 0.280. The molecule has 0 unspecified atom stereocenters. The SMILES string of the molecule is N#Cc1cccc(NC(=O)N[C@H](Cc2ccccc2)C(=O)Nc2nnc(-c3ccccc3)s2)c1. The number of amides is 3. The van der Waals surface area contributed by atoms with Crippen molar-refractivity contribution in [3.63, 3.8) is 0 Å². The summed E-state index contributed by atoms with van der Waals surface area (Å²) >= 11 is 1.25. The van der Waals surface area contributed by atoms with Crippen molar-refractivity contribution in [2.24, 2.45) is 0 Å². The van der Waals surface area contributed by atoms with E-state index >= 15 is 0 Å². The molecule has 0 saturated carbocycles. The lowest BCUT2D eigenvalue weighted by Gasteiger charge is -2.18. The second-order valence-corrected chi connectivity index (χ2v) is 8.28. The van der Waals surface area contributed by atoms with Gasteiger partial charge >= 0.3 is 6.03 Å². The Hall–Kier alpha value is -4.55. The van der Waals surface area contributed by atoms with Crippen molar-refractivity contribution in [1.82, 2.24) is 15.5 Å². The molecule has 1 aromatic heterocycles. The van der Waals surface area contributed by atoms with Crippen LogP contribution in [0.15, 0.2) is 84.9 Å². The predicted octanol–water partition coefficient (Wildman–Crippen LogP) is 4.45. The number of nitrogens with one attached hydrogen (secondary N) is 3. The molecule has 1 atom stereocenters. The molecule has 0 saturated heterocycles. The molecular weight excluding hydrogens is 448 g/mol. The zero-order valence-electron chi connectivity index (χ0n) is 17.9. The predicted molar refractivity (Wildman–Crippen MR) is 131 cm³/mol. The fraction of sp³-hybridized carbons (Fsp3) is 0.0800. The molecule has 4 rings (SSSR count). The number of urea groups is 1. The van der Waals surface area contributed by atoms with Crippen LogP contribution in [0.5, 0.6) is 0 Å². The van der Waals surface area contributed by atoms with Crippen LogP contribution in [0.3, 0.4) is 0 Å². The molecule has 0 radical (unpaired) electrons. The quantitative estimate of drug-likeness (QED) is 0.370. The third-order valence-electron chi connectivity index (χ3n) is 4.83. The van der Waals surface area contributed by atoms with Crippen LogP contribution in [0.1, 0.15) is 11.1 Å². The van der Waals surface area contributed by atoms with E-state index in [-0.39, 0.29) is 6.42 Å². The van der Waals surface area contributed by atoms with Gasteiger partial charge < -0.3 is 10.6 Å². The van der Waals surface area contributed by atoms with Crippen molar-refractivity contribution in [1.29, 1.82) is 5.26 Å². The van der Waals surface area contributed by atoms with Crippen LogP contribution < -0.4 is 16.0 Å². The van der Waals surface area contributed by atoms with E-state index in [0.29, 0.717) is 21.4 Å². The van der Waals surface area contributed by atoms with Crippen LogP contribution in [-0.4, -0.2) is 28.2 Å². The van der Waals surface area contributed by atoms with Gasteiger partial charge in [-0.1, -0.05) is 78.1 Å². The average Bonchev–Trinajstić information content (AvgIpc) is 3.33. The van der Waals surface area contributed by atoms with Crippen LogP contribution in [0, 0.1) is 11.3 Å². The summed E-state index contributed by atoms with van der Waals surface area (Å²) in [5.41, 5.74) is 2.66. The smallest absolute Gasteiger partial charge is 0.319 e. The van der Waals surface area contributed by atoms with Gasteiger partial charge in [-0.05, 0) is 23.8 Å². The molecular formula is C25H20N6O2S. The van der Waals surface area contributed by atoms with E-state index in [1.165, 1.54) is 11.3 Å². The lowest BCUT2D eigenvalue weighted by Crippen LogP contribution is -2.46. The summed E-state index contributed by atoms with van der Waals surface area (Å²) in [6.45, 7) is 0. The number of nitriles is 1. The van der Waals surface area contributed by atoms with Crippen molar-refractivity contribution in [2.45, 2.75) is 12.5 Å². The summed E-state index contributed by atoms with van der Waals surface area (Å²) < 4.78 is 0. The monoisotopic (exact) mass is 468 g/mol. The Labute approximate surface area is 200 Å². The first-order valence-electron chi connectivity index (χ1n) is 10.4. The van der Waals surface area contributed by atoms with Crippen LogP contribution in [0.2, 0.25) is 0 Å². The highest BCUT2D eigenvalue weighted by molar-refractivity contribution is 7.18. The Balaban J connectivity index is 1.47. The van der Waals surface area contributed by atoms with Crippen molar-refractivity contribution >= 4 is 34.1 Å². The Morgan fingerprint density at radius 2 is 1.65 bits per heavy atom. The third kappa shape index (κ3) is 6.03. The Morgan fingerprint density at radius 3 is 2.38 bits per heavy atom. The van der Waals surface area contributed by atoms with Crippen LogP contribution >= 0.6 is 11.3 Å². The molecule has 3 N–H and O–H groups in total. The zero-order chi connectivity index (χ0) is 23.8. The van der Waals surface area contributed by atoms with Gasteiger partial charge in [0.25, 0.3) is 0 Å². The number of nitrogens with zero attached hydrogens (tertiary/aromatic N) is 3. The lowest BCUT2D eigenvalue weighted by molar-refractivity contribution is -0.117. The van der Waals surface area contributed by atoms with Gasteiger partial charge in [0.1, 0.15) is 11.0 Å². The van der Waals surface area contributed by atoms with Crippen LogP contribution in [0.4, 0.5) is 15.6 Å². The number of aromatic nitrogens is 2. The number of carbonyl (C=O) groups excluding carboxylic acids is 2. The summed E-state index contributed by atoms with van der Waals surface area (Å²) in [6, 6.07) is 26.1. The van der Waals surface area contributed by atoms with Gasteiger partial charge in [0.15, 0.2) is 0 Å². The molecule has 9 heteroatoms. The average molecular weight is 469 g/mol. The Kier molecular flexibility index (Phi) is 7.22. The van der Waals surface area contributed by atoms with Crippen LogP contribution in [0.25, 0.3) is 10.6 Å². The lowest BCUT2D eigenvalue weighted by atomic mass is 10.1.